The third kappa shape index (κ3) is 3.34. The Morgan fingerprint density at radius 3 is 2.43 bits per heavy atom. The molecule has 6 nitrogen and oxygen atoms in total. The van der Waals surface area contributed by atoms with Gasteiger partial charge in [-0.3, -0.25) is 9.59 Å². The van der Waals surface area contributed by atoms with Gasteiger partial charge in [0, 0.05) is 25.7 Å². The van der Waals surface area contributed by atoms with E-state index in [1.165, 1.54) is 28.8 Å². The van der Waals surface area contributed by atoms with E-state index in [9.17, 15) is 18.0 Å². The van der Waals surface area contributed by atoms with Crippen molar-refractivity contribution >= 4 is 33.1 Å². The zero-order valence-electron chi connectivity index (χ0n) is 13.2. The van der Waals surface area contributed by atoms with Crippen LogP contribution in [0.4, 0.5) is 0 Å². The molecule has 4 heterocycles. The first-order valence-corrected chi connectivity index (χ1v) is 10.3. The molecular formula is C15H20N2O4S2. The number of piperidine rings is 1. The lowest BCUT2D eigenvalue weighted by molar-refractivity contribution is 0.0593. The molecule has 2 bridgehead atoms. The minimum atomic E-state index is -3.24. The Bertz CT molecular complexity index is 740. The van der Waals surface area contributed by atoms with Crippen LogP contribution in [0.1, 0.15) is 39.1 Å². The standard InChI is InChI=1S/C15H20N2O4S2/c1-10(18)13-5-6-14(22-13)15(19)17-8-11-3-4-12(17)9-16(7-11)23(2,20)21/h5-6,11-12H,3-4,7-9H2,1-2H3/t11-,12+/m0/s1. The summed E-state index contributed by atoms with van der Waals surface area (Å²) in [5, 5.41) is 0. The van der Waals surface area contributed by atoms with Crippen LogP contribution in [-0.2, 0) is 10.0 Å². The summed E-state index contributed by atoms with van der Waals surface area (Å²) in [5.41, 5.74) is 0. The predicted octanol–water partition coefficient (Wildman–Crippen LogP) is 1.45. The van der Waals surface area contributed by atoms with Gasteiger partial charge < -0.3 is 4.90 Å². The lowest BCUT2D eigenvalue weighted by atomic mass is 9.95. The summed E-state index contributed by atoms with van der Waals surface area (Å²) in [4.78, 5) is 27.1. The number of rotatable bonds is 3. The Morgan fingerprint density at radius 1 is 1.13 bits per heavy atom. The SMILES string of the molecule is CC(=O)c1ccc(C(=O)N2C[C@H]3CC[C@@H]2CN(S(C)(=O)=O)C3)s1. The van der Waals surface area contributed by atoms with E-state index in [0.29, 0.717) is 29.4 Å². The number of sulfonamides is 1. The Hall–Kier alpha value is -1.25. The van der Waals surface area contributed by atoms with Crippen LogP contribution in [-0.4, -0.2) is 61.2 Å². The molecule has 2 atom stereocenters. The van der Waals surface area contributed by atoms with Crippen molar-refractivity contribution in [3.05, 3.63) is 21.9 Å². The maximum Gasteiger partial charge on any atom is 0.264 e. The van der Waals surface area contributed by atoms with Crippen LogP contribution in [0.3, 0.4) is 0 Å². The summed E-state index contributed by atoms with van der Waals surface area (Å²) >= 11 is 1.21. The molecule has 0 saturated carbocycles. The van der Waals surface area contributed by atoms with E-state index in [1.807, 2.05) is 0 Å². The van der Waals surface area contributed by atoms with Gasteiger partial charge in [0.25, 0.3) is 5.91 Å². The molecule has 0 spiro atoms. The highest BCUT2D eigenvalue weighted by molar-refractivity contribution is 7.88. The summed E-state index contributed by atoms with van der Waals surface area (Å²) in [6.07, 6.45) is 3.00. The highest BCUT2D eigenvalue weighted by Crippen LogP contribution is 2.31. The van der Waals surface area contributed by atoms with Gasteiger partial charge in [-0.15, -0.1) is 11.3 Å². The summed E-state index contributed by atoms with van der Waals surface area (Å²) < 4.78 is 25.2. The number of thiophene rings is 1. The number of Topliss-reactive ketones (excluding diaryl/α,β-unsaturated/α-hetero) is 1. The summed E-state index contributed by atoms with van der Waals surface area (Å²) in [5.74, 6) is 0.0434. The van der Waals surface area contributed by atoms with Crippen LogP contribution in [0.25, 0.3) is 0 Å². The maximum absolute atomic E-state index is 12.8. The van der Waals surface area contributed by atoms with Gasteiger partial charge in [0.15, 0.2) is 5.78 Å². The normalized spacial score (nSPS) is 25.4. The van der Waals surface area contributed by atoms with E-state index in [2.05, 4.69) is 0 Å². The minimum Gasteiger partial charge on any atom is -0.333 e. The van der Waals surface area contributed by atoms with Gasteiger partial charge >= 0.3 is 0 Å². The van der Waals surface area contributed by atoms with Crippen molar-refractivity contribution in [1.29, 1.82) is 0 Å². The number of fused-ring (bicyclic) bond motifs is 4. The van der Waals surface area contributed by atoms with E-state index < -0.39 is 10.0 Å². The Balaban J connectivity index is 1.83. The molecule has 4 rings (SSSR count). The average Bonchev–Trinajstić information content (AvgIpc) is 2.78. The largest absolute Gasteiger partial charge is 0.333 e. The number of carbonyl (C=O) groups excluding carboxylic acids is 2. The van der Waals surface area contributed by atoms with Crippen LogP contribution >= 0.6 is 11.3 Å². The molecule has 0 aliphatic carbocycles. The van der Waals surface area contributed by atoms with Crippen LogP contribution in [0, 0.1) is 5.92 Å². The number of amides is 1. The molecule has 3 aliphatic rings. The molecule has 8 heteroatoms. The Labute approximate surface area is 140 Å². The van der Waals surface area contributed by atoms with Crippen LogP contribution < -0.4 is 0 Å². The van der Waals surface area contributed by atoms with Crippen molar-refractivity contribution in [2.75, 3.05) is 25.9 Å². The molecular weight excluding hydrogens is 336 g/mol. The summed E-state index contributed by atoms with van der Waals surface area (Å²) in [6, 6.07) is 3.29. The van der Waals surface area contributed by atoms with Gasteiger partial charge in [-0.2, -0.15) is 4.31 Å². The molecule has 1 amide bonds. The second kappa shape index (κ2) is 5.99. The molecule has 3 aliphatic heterocycles. The number of hydrogen-bond acceptors (Lipinski definition) is 5. The van der Waals surface area contributed by atoms with Gasteiger partial charge in [0.1, 0.15) is 0 Å². The molecule has 3 saturated heterocycles. The highest BCUT2D eigenvalue weighted by Gasteiger charge is 2.40. The number of ketones is 1. The predicted molar refractivity (Wildman–Crippen MR) is 88.3 cm³/mol. The van der Waals surface area contributed by atoms with Crippen LogP contribution in [0.15, 0.2) is 12.1 Å². The number of hydrogen-bond donors (Lipinski definition) is 0. The Morgan fingerprint density at radius 2 is 1.83 bits per heavy atom. The van der Waals surface area contributed by atoms with Crippen molar-refractivity contribution < 1.29 is 18.0 Å². The van der Waals surface area contributed by atoms with E-state index >= 15 is 0 Å². The van der Waals surface area contributed by atoms with E-state index in [0.717, 1.165) is 12.8 Å². The first-order valence-electron chi connectivity index (χ1n) is 7.62. The fourth-order valence-corrected chi connectivity index (χ4v) is 5.12. The molecule has 0 unspecified atom stereocenters. The van der Waals surface area contributed by atoms with E-state index in [-0.39, 0.29) is 23.7 Å². The van der Waals surface area contributed by atoms with E-state index in [1.54, 1.807) is 17.0 Å². The molecule has 1 aromatic rings. The first-order chi connectivity index (χ1) is 10.8. The van der Waals surface area contributed by atoms with Crippen LogP contribution in [0.5, 0.6) is 0 Å². The number of carbonyl (C=O) groups is 2. The average molecular weight is 356 g/mol. The zero-order valence-corrected chi connectivity index (χ0v) is 14.8. The Kier molecular flexibility index (Phi) is 4.33. The van der Waals surface area contributed by atoms with Crippen molar-refractivity contribution in [3.63, 3.8) is 0 Å². The molecule has 0 N–H and O–H groups in total. The molecule has 1 aromatic heterocycles. The topological polar surface area (TPSA) is 74.8 Å². The van der Waals surface area contributed by atoms with Gasteiger partial charge in [-0.1, -0.05) is 0 Å². The first kappa shape index (κ1) is 16.6. The smallest absolute Gasteiger partial charge is 0.264 e. The lowest BCUT2D eigenvalue weighted by Crippen LogP contribution is -2.47. The quantitative estimate of drug-likeness (QED) is 0.768. The third-order valence-corrected chi connectivity index (χ3v) is 6.98. The second-order valence-corrected chi connectivity index (χ2v) is 9.42. The maximum atomic E-state index is 12.8. The summed E-state index contributed by atoms with van der Waals surface area (Å²) in [7, 11) is -3.24. The fraction of sp³-hybridized carbons (Fsp3) is 0.600. The second-order valence-electron chi connectivity index (χ2n) is 6.35. The highest BCUT2D eigenvalue weighted by atomic mass is 32.2. The molecule has 126 valence electrons. The van der Waals surface area contributed by atoms with Gasteiger partial charge in [0.2, 0.25) is 10.0 Å². The van der Waals surface area contributed by atoms with Crippen molar-refractivity contribution in [3.8, 4) is 0 Å². The number of nitrogens with zero attached hydrogens (tertiary/aromatic N) is 2. The van der Waals surface area contributed by atoms with E-state index in [4.69, 9.17) is 0 Å². The minimum absolute atomic E-state index is 0.0466. The lowest BCUT2D eigenvalue weighted by Gasteiger charge is -2.35. The fourth-order valence-electron chi connectivity index (χ4n) is 3.34. The molecule has 0 aromatic carbocycles. The molecule has 23 heavy (non-hydrogen) atoms. The van der Waals surface area contributed by atoms with Crippen molar-refractivity contribution in [1.82, 2.24) is 9.21 Å². The van der Waals surface area contributed by atoms with Crippen molar-refractivity contribution in [2.45, 2.75) is 25.8 Å². The third-order valence-electron chi connectivity index (χ3n) is 4.57. The molecule has 3 fully saturated rings. The van der Waals surface area contributed by atoms with Crippen molar-refractivity contribution in [2.24, 2.45) is 5.92 Å². The van der Waals surface area contributed by atoms with Gasteiger partial charge in [0.05, 0.1) is 16.0 Å². The van der Waals surface area contributed by atoms with Gasteiger partial charge in [-0.05, 0) is 37.8 Å². The monoisotopic (exact) mass is 356 g/mol. The molecule has 0 radical (unpaired) electrons. The van der Waals surface area contributed by atoms with Crippen LogP contribution in [0.2, 0.25) is 0 Å². The zero-order chi connectivity index (χ0) is 16.8. The van der Waals surface area contributed by atoms with Gasteiger partial charge in [-0.25, -0.2) is 8.42 Å². The summed E-state index contributed by atoms with van der Waals surface area (Å²) in [6.45, 7) is 2.93.